The van der Waals surface area contributed by atoms with Crippen LogP contribution in [0.5, 0.6) is 0 Å². The molecule has 2 nitrogen and oxygen atoms in total. The lowest BCUT2D eigenvalue weighted by atomic mass is 9.90. The Morgan fingerprint density at radius 1 is 1.07 bits per heavy atom. The summed E-state index contributed by atoms with van der Waals surface area (Å²) in [6.45, 7) is 18.5. The van der Waals surface area contributed by atoms with Gasteiger partial charge in [-0.25, -0.2) is 0 Å². The lowest BCUT2D eigenvalue weighted by Gasteiger charge is -2.48. The van der Waals surface area contributed by atoms with Gasteiger partial charge in [-0.05, 0) is 61.4 Å². The quantitative estimate of drug-likeness (QED) is 0.664. The molecular formula is C13H28N2. The number of nitrogens with zero attached hydrogens (tertiary/aromatic N) is 1. The highest BCUT2D eigenvalue weighted by atomic mass is 15.3. The Balaban J connectivity index is 2.96. The molecule has 1 N–H and O–H groups in total. The second kappa shape index (κ2) is 3.74. The maximum atomic E-state index is 3.64. The topological polar surface area (TPSA) is 15.3 Å². The molecule has 0 aliphatic carbocycles. The third-order valence-electron chi connectivity index (χ3n) is 3.43. The second-order valence-electron chi connectivity index (χ2n) is 7.13. The molecule has 0 bridgehead atoms. The fourth-order valence-corrected chi connectivity index (χ4v) is 2.65. The zero-order chi connectivity index (χ0) is 11.9. The highest BCUT2D eigenvalue weighted by molar-refractivity contribution is 4.98. The Labute approximate surface area is 95.4 Å². The van der Waals surface area contributed by atoms with Crippen molar-refractivity contribution in [2.75, 3.05) is 13.1 Å². The zero-order valence-electron chi connectivity index (χ0n) is 11.6. The Hall–Kier alpha value is -0.0800. The van der Waals surface area contributed by atoms with Crippen LogP contribution < -0.4 is 5.32 Å². The largest absolute Gasteiger partial charge is 0.310 e. The van der Waals surface area contributed by atoms with E-state index in [2.05, 4.69) is 58.7 Å². The first kappa shape index (κ1) is 13.0. The van der Waals surface area contributed by atoms with Gasteiger partial charge < -0.3 is 5.32 Å². The van der Waals surface area contributed by atoms with E-state index in [0.717, 1.165) is 13.1 Å². The van der Waals surface area contributed by atoms with Crippen LogP contribution in [-0.4, -0.2) is 34.6 Å². The van der Waals surface area contributed by atoms with Crippen molar-refractivity contribution in [3.05, 3.63) is 0 Å². The molecule has 0 aromatic carbocycles. The molecule has 0 aromatic rings. The van der Waals surface area contributed by atoms with Crippen molar-refractivity contribution in [1.82, 2.24) is 10.2 Å². The van der Waals surface area contributed by atoms with Crippen LogP contribution >= 0.6 is 0 Å². The van der Waals surface area contributed by atoms with Crippen LogP contribution in [0.1, 0.15) is 54.9 Å². The minimum absolute atomic E-state index is 0.223. The van der Waals surface area contributed by atoms with Gasteiger partial charge in [0.05, 0.1) is 0 Å². The summed E-state index contributed by atoms with van der Waals surface area (Å²) in [6, 6.07) is 0. The molecular weight excluding hydrogens is 184 g/mol. The van der Waals surface area contributed by atoms with E-state index in [4.69, 9.17) is 0 Å². The molecule has 2 heteroatoms. The molecule has 90 valence electrons. The molecule has 0 unspecified atom stereocenters. The highest BCUT2D eigenvalue weighted by Crippen LogP contribution is 2.31. The van der Waals surface area contributed by atoms with Gasteiger partial charge in [0, 0.05) is 23.2 Å². The Kier molecular flexibility index (Phi) is 3.24. The van der Waals surface area contributed by atoms with Crippen molar-refractivity contribution in [1.29, 1.82) is 0 Å². The van der Waals surface area contributed by atoms with Crippen LogP contribution in [0.15, 0.2) is 0 Å². The van der Waals surface area contributed by atoms with Crippen LogP contribution in [-0.2, 0) is 0 Å². The lowest BCUT2D eigenvalue weighted by molar-refractivity contribution is 0.0179. The summed E-state index contributed by atoms with van der Waals surface area (Å²) in [5.74, 6) is 0. The van der Waals surface area contributed by atoms with Crippen LogP contribution in [0.3, 0.4) is 0 Å². The number of hydrogen-bond acceptors (Lipinski definition) is 2. The Morgan fingerprint density at radius 3 is 2.07 bits per heavy atom. The Morgan fingerprint density at radius 2 is 1.60 bits per heavy atom. The number of rotatable bonds is 0. The lowest BCUT2D eigenvalue weighted by Crippen LogP contribution is -2.58. The van der Waals surface area contributed by atoms with Crippen molar-refractivity contribution in [2.45, 2.75) is 71.5 Å². The monoisotopic (exact) mass is 212 g/mol. The fourth-order valence-electron chi connectivity index (χ4n) is 2.65. The first-order valence-electron chi connectivity index (χ1n) is 6.07. The van der Waals surface area contributed by atoms with Crippen LogP contribution in [0, 0.1) is 0 Å². The SMILES string of the molecule is CC1(C)CN(C(C)(C)C)C(C)(C)CCN1. The third-order valence-corrected chi connectivity index (χ3v) is 3.43. The predicted octanol–water partition coefficient (Wildman–Crippen LogP) is 2.64. The van der Waals surface area contributed by atoms with Crippen LogP contribution in [0.4, 0.5) is 0 Å². The van der Waals surface area contributed by atoms with Crippen molar-refractivity contribution in [3.63, 3.8) is 0 Å². The molecule has 1 aliphatic rings. The molecule has 0 aromatic heterocycles. The molecule has 0 amide bonds. The summed E-state index contributed by atoms with van der Waals surface area (Å²) in [5.41, 5.74) is 0.757. The minimum atomic E-state index is 0.223. The van der Waals surface area contributed by atoms with E-state index >= 15 is 0 Å². The summed E-state index contributed by atoms with van der Waals surface area (Å²) < 4.78 is 0. The Bertz CT molecular complexity index is 223. The predicted molar refractivity (Wildman–Crippen MR) is 67.2 cm³/mol. The molecule has 15 heavy (non-hydrogen) atoms. The van der Waals surface area contributed by atoms with Crippen molar-refractivity contribution in [2.24, 2.45) is 0 Å². The molecule has 1 saturated heterocycles. The summed E-state index contributed by atoms with van der Waals surface area (Å²) in [7, 11) is 0. The van der Waals surface area contributed by atoms with Crippen molar-refractivity contribution >= 4 is 0 Å². The van der Waals surface area contributed by atoms with Crippen LogP contribution in [0.2, 0.25) is 0 Å². The molecule has 0 saturated carbocycles. The fraction of sp³-hybridized carbons (Fsp3) is 1.00. The van der Waals surface area contributed by atoms with E-state index < -0.39 is 0 Å². The van der Waals surface area contributed by atoms with Gasteiger partial charge in [-0.15, -0.1) is 0 Å². The summed E-state index contributed by atoms with van der Waals surface area (Å²) in [4.78, 5) is 2.64. The van der Waals surface area contributed by atoms with Gasteiger partial charge in [0.1, 0.15) is 0 Å². The molecule has 0 atom stereocenters. The van der Waals surface area contributed by atoms with E-state index in [1.807, 2.05) is 0 Å². The number of hydrogen-bond donors (Lipinski definition) is 1. The van der Waals surface area contributed by atoms with Gasteiger partial charge in [-0.1, -0.05) is 0 Å². The van der Waals surface area contributed by atoms with E-state index in [9.17, 15) is 0 Å². The zero-order valence-corrected chi connectivity index (χ0v) is 11.6. The van der Waals surface area contributed by atoms with Gasteiger partial charge in [0.25, 0.3) is 0 Å². The van der Waals surface area contributed by atoms with Gasteiger partial charge in [0.15, 0.2) is 0 Å². The van der Waals surface area contributed by atoms with Crippen molar-refractivity contribution in [3.8, 4) is 0 Å². The van der Waals surface area contributed by atoms with Crippen molar-refractivity contribution < 1.29 is 0 Å². The molecule has 0 radical (unpaired) electrons. The van der Waals surface area contributed by atoms with E-state index in [1.54, 1.807) is 0 Å². The van der Waals surface area contributed by atoms with Gasteiger partial charge in [-0.3, -0.25) is 4.90 Å². The molecule has 1 fully saturated rings. The van der Waals surface area contributed by atoms with Gasteiger partial charge >= 0.3 is 0 Å². The van der Waals surface area contributed by atoms with E-state index in [0.29, 0.717) is 5.54 Å². The molecule has 0 spiro atoms. The standard InChI is InChI=1S/C13H28N2/c1-11(2,3)15-10-12(4,5)14-9-8-13(15,6)7/h14H,8-10H2,1-7H3. The minimum Gasteiger partial charge on any atom is -0.310 e. The second-order valence-corrected chi connectivity index (χ2v) is 7.13. The van der Waals surface area contributed by atoms with E-state index in [1.165, 1.54) is 6.42 Å². The summed E-state index contributed by atoms with van der Waals surface area (Å²) in [6.07, 6.45) is 1.22. The summed E-state index contributed by atoms with van der Waals surface area (Å²) in [5, 5.41) is 3.64. The van der Waals surface area contributed by atoms with Gasteiger partial charge in [-0.2, -0.15) is 0 Å². The molecule has 1 rings (SSSR count). The average Bonchev–Trinajstić information content (AvgIpc) is 2.06. The maximum Gasteiger partial charge on any atom is 0.0252 e. The van der Waals surface area contributed by atoms with Crippen LogP contribution in [0.25, 0.3) is 0 Å². The third kappa shape index (κ3) is 3.18. The smallest absolute Gasteiger partial charge is 0.0252 e. The molecule has 1 heterocycles. The first-order valence-corrected chi connectivity index (χ1v) is 6.07. The van der Waals surface area contributed by atoms with E-state index in [-0.39, 0.29) is 11.1 Å². The highest BCUT2D eigenvalue weighted by Gasteiger charge is 2.40. The average molecular weight is 212 g/mol. The molecule has 1 aliphatic heterocycles. The summed E-state index contributed by atoms with van der Waals surface area (Å²) >= 11 is 0. The normalized spacial score (nSPS) is 27.4. The number of nitrogens with one attached hydrogen (secondary N) is 1. The first-order chi connectivity index (χ1) is 6.55. The van der Waals surface area contributed by atoms with Gasteiger partial charge in [0.2, 0.25) is 0 Å². The maximum absolute atomic E-state index is 3.64.